The molecule has 20 heavy (non-hydrogen) atoms. The van der Waals surface area contributed by atoms with E-state index < -0.39 is 10.5 Å². The molecule has 1 aromatic rings. The van der Waals surface area contributed by atoms with Crippen LogP contribution in [0.15, 0.2) is 18.2 Å². The number of nitriles is 1. The smallest absolute Gasteiger partial charge is 0.270 e. The Morgan fingerprint density at radius 2 is 2.20 bits per heavy atom. The lowest BCUT2D eigenvalue weighted by Gasteiger charge is -2.43. The Balaban J connectivity index is 2.50. The number of anilines is 1. The lowest BCUT2D eigenvalue weighted by atomic mass is 9.96. The summed E-state index contributed by atoms with van der Waals surface area (Å²) >= 11 is 0. The fourth-order valence-electron chi connectivity index (χ4n) is 2.28. The molecule has 0 bridgehead atoms. The summed E-state index contributed by atoms with van der Waals surface area (Å²) in [5, 5.41) is 22.7. The number of nitrogens with zero attached hydrogens (tertiary/aromatic N) is 3. The monoisotopic (exact) mass is 274 g/mol. The van der Waals surface area contributed by atoms with Crippen LogP contribution in [0.3, 0.4) is 0 Å². The molecule has 0 radical (unpaired) electrons. The van der Waals surface area contributed by atoms with Crippen LogP contribution in [0, 0.1) is 21.4 Å². The molecule has 0 saturated carbocycles. The normalized spacial score (nSPS) is 17.2. The highest BCUT2D eigenvalue weighted by Gasteiger charge is 2.38. The Kier molecular flexibility index (Phi) is 3.32. The zero-order chi connectivity index (χ0) is 14.9. The van der Waals surface area contributed by atoms with Gasteiger partial charge in [0.15, 0.2) is 0 Å². The zero-order valence-electron chi connectivity index (χ0n) is 11.2. The second-order valence-electron chi connectivity index (χ2n) is 5.04. The third-order valence-electron chi connectivity index (χ3n) is 3.45. The first-order chi connectivity index (χ1) is 9.37. The summed E-state index contributed by atoms with van der Waals surface area (Å²) in [5.41, 5.74) is -0.204. The Labute approximate surface area is 115 Å². The molecule has 7 heteroatoms. The van der Waals surface area contributed by atoms with E-state index in [1.807, 2.05) is 6.07 Å². The molecule has 1 heterocycles. The fourth-order valence-corrected chi connectivity index (χ4v) is 2.28. The zero-order valence-corrected chi connectivity index (χ0v) is 11.2. The molecule has 0 atom stereocenters. The van der Waals surface area contributed by atoms with E-state index in [1.165, 1.54) is 18.2 Å². The predicted molar refractivity (Wildman–Crippen MR) is 72.2 cm³/mol. The Morgan fingerprint density at radius 1 is 1.50 bits per heavy atom. The van der Waals surface area contributed by atoms with Gasteiger partial charge in [0.05, 0.1) is 16.2 Å². The van der Waals surface area contributed by atoms with Crippen molar-refractivity contribution in [2.24, 2.45) is 0 Å². The first kappa shape index (κ1) is 13.8. The Bertz CT molecular complexity index is 619. The van der Waals surface area contributed by atoms with Gasteiger partial charge in [-0.1, -0.05) is 0 Å². The molecular weight excluding hydrogens is 260 g/mol. The number of rotatable bonds is 2. The SMILES string of the molecule is CC1(C)C(=O)NCCN1c1ccc([N+](=O)[O-])cc1C#N. The number of hydrogen-bond acceptors (Lipinski definition) is 5. The number of piperazine rings is 1. The van der Waals surface area contributed by atoms with Crippen LogP contribution in [-0.2, 0) is 4.79 Å². The molecule has 1 amide bonds. The lowest BCUT2D eigenvalue weighted by molar-refractivity contribution is -0.384. The minimum Gasteiger partial charge on any atom is -0.355 e. The number of hydrogen-bond donors (Lipinski definition) is 1. The number of amides is 1. The summed E-state index contributed by atoms with van der Waals surface area (Å²) in [4.78, 5) is 23.9. The summed E-state index contributed by atoms with van der Waals surface area (Å²) in [6.07, 6.45) is 0. The van der Waals surface area contributed by atoms with Crippen molar-refractivity contribution in [2.45, 2.75) is 19.4 Å². The highest BCUT2D eigenvalue weighted by atomic mass is 16.6. The van der Waals surface area contributed by atoms with Gasteiger partial charge >= 0.3 is 0 Å². The summed E-state index contributed by atoms with van der Waals surface area (Å²) in [5.74, 6) is -0.133. The van der Waals surface area contributed by atoms with Crippen LogP contribution in [0.2, 0.25) is 0 Å². The standard InChI is InChI=1S/C13H14N4O3/c1-13(2)12(18)15-5-6-16(13)11-4-3-10(17(19)20)7-9(11)8-14/h3-4,7H,5-6H2,1-2H3,(H,15,18). The maximum Gasteiger partial charge on any atom is 0.270 e. The number of carbonyl (C=O) groups is 1. The molecule has 2 rings (SSSR count). The highest BCUT2D eigenvalue weighted by molar-refractivity contribution is 5.91. The maximum absolute atomic E-state index is 11.9. The lowest BCUT2D eigenvalue weighted by Crippen LogP contribution is -2.62. The van der Waals surface area contributed by atoms with Gasteiger partial charge in [-0.15, -0.1) is 0 Å². The first-order valence-electron chi connectivity index (χ1n) is 6.12. The van der Waals surface area contributed by atoms with Crippen molar-refractivity contribution in [1.82, 2.24) is 5.32 Å². The molecule has 0 aromatic heterocycles. The third-order valence-corrected chi connectivity index (χ3v) is 3.45. The largest absolute Gasteiger partial charge is 0.355 e. The summed E-state index contributed by atoms with van der Waals surface area (Å²) in [7, 11) is 0. The van der Waals surface area contributed by atoms with E-state index in [0.29, 0.717) is 18.8 Å². The van der Waals surface area contributed by atoms with Crippen molar-refractivity contribution in [3.63, 3.8) is 0 Å². The van der Waals surface area contributed by atoms with Gasteiger partial charge < -0.3 is 10.2 Å². The van der Waals surface area contributed by atoms with E-state index in [0.717, 1.165) is 0 Å². The van der Waals surface area contributed by atoms with Crippen LogP contribution in [0.4, 0.5) is 11.4 Å². The van der Waals surface area contributed by atoms with E-state index in [1.54, 1.807) is 18.7 Å². The van der Waals surface area contributed by atoms with Gasteiger partial charge in [-0.2, -0.15) is 5.26 Å². The van der Waals surface area contributed by atoms with Crippen LogP contribution in [-0.4, -0.2) is 29.5 Å². The number of nitrogens with one attached hydrogen (secondary N) is 1. The second-order valence-corrected chi connectivity index (χ2v) is 5.04. The van der Waals surface area contributed by atoms with Crippen molar-refractivity contribution in [2.75, 3.05) is 18.0 Å². The van der Waals surface area contributed by atoms with Crippen molar-refractivity contribution in [3.05, 3.63) is 33.9 Å². The molecule has 1 fully saturated rings. The van der Waals surface area contributed by atoms with E-state index >= 15 is 0 Å². The van der Waals surface area contributed by atoms with Gasteiger partial charge in [-0.3, -0.25) is 14.9 Å². The summed E-state index contributed by atoms with van der Waals surface area (Å²) in [6, 6.07) is 6.07. The van der Waals surface area contributed by atoms with Crippen molar-refractivity contribution in [1.29, 1.82) is 5.26 Å². The number of non-ortho nitro benzene ring substituents is 1. The van der Waals surface area contributed by atoms with Crippen molar-refractivity contribution in [3.8, 4) is 6.07 Å². The van der Waals surface area contributed by atoms with E-state index in [9.17, 15) is 20.2 Å². The average Bonchev–Trinajstić information content (AvgIpc) is 2.41. The van der Waals surface area contributed by atoms with Gasteiger partial charge in [0.25, 0.3) is 5.69 Å². The van der Waals surface area contributed by atoms with E-state index in [2.05, 4.69) is 5.32 Å². The van der Waals surface area contributed by atoms with Gasteiger partial charge in [0.2, 0.25) is 5.91 Å². The molecule has 1 N–H and O–H groups in total. The number of carbonyl (C=O) groups excluding carboxylic acids is 1. The van der Waals surface area contributed by atoms with Crippen LogP contribution in [0.5, 0.6) is 0 Å². The topological polar surface area (TPSA) is 99.3 Å². The second kappa shape index (κ2) is 4.81. The predicted octanol–water partition coefficient (Wildman–Crippen LogP) is 1.18. The van der Waals surface area contributed by atoms with E-state index in [4.69, 9.17) is 0 Å². The van der Waals surface area contributed by atoms with Crippen LogP contribution in [0.1, 0.15) is 19.4 Å². The molecule has 0 unspecified atom stereocenters. The quantitative estimate of drug-likeness (QED) is 0.645. The average molecular weight is 274 g/mol. The number of benzene rings is 1. The van der Waals surface area contributed by atoms with Crippen LogP contribution in [0.25, 0.3) is 0 Å². The highest BCUT2D eigenvalue weighted by Crippen LogP contribution is 2.31. The molecular formula is C13H14N4O3. The van der Waals surface area contributed by atoms with Crippen molar-refractivity contribution >= 4 is 17.3 Å². The van der Waals surface area contributed by atoms with Gasteiger partial charge in [0, 0.05) is 25.2 Å². The molecule has 7 nitrogen and oxygen atoms in total. The Hall–Kier alpha value is -2.62. The first-order valence-corrected chi connectivity index (χ1v) is 6.12. The van der Waals surface area contributed by atoms with Crippen LogP contribution >= 0.6 is 0 Å². The maximum atomic E-state index is 11.9. The third kappa shape index (κ3) is 2.16. The van der Waals surface area contributed by atoms with Gasteiger partial charge in [0.1, 0.15) is 11.6 Å². The Morgan fingerprint density at radius 3 is 2.80 bits per heavy atom. The number of nitro groups is 1. The summed E-state index contributed by atoms with van der Waals surface area (Å²) < 4.78 is 0. The molecule has 0 spiro atoms. The van der Waals surface area contributed by atoms with Crippen molar-refractivity contribution < 1.29 is 9.72 Å². The molecule has 0 aliphatic carbocycles. The molecule has 1 aromatic carbocycles. The summed E-state index contributed by atoms with van der Waals surface area (Å²) in [6.45, 7) is 4.53. The minimum absolute atomic E-state index is 0.133. The minimum atomic E-state index is -0.806. The van der Waals surface area contributed by atoms with Gasteiger partial charge in [-0.25, -0.2) is 0 Å². The van der Waals surface area contributed by atoms with E-state index in [-0.39, 0.29) is 17.2 Å². The molecule has 1 saturated heterocycles. The molecule has 1 aliphatic rings. The van der Waals surface area contributed by atoms with Gasteiger partial charge in [-0.05, 0) is 19.9 Å². The fraction of sp³-hybridized carbons (Fsp3) is 0.385. The number of nitro benzene ring substituents is 1. The van der Waals surface area contributed by atoms with Crippen LogP contribution < -0.4 is 10.2 Å². The molecule has 1 aliphatic heterocycles. The molecule has 104 valence electrons.